The van der Waals surface area contributed by atoms with Crippen molar-refractivity contribution < 1.29 is 18.3 Å². The molecule has 6 heteroatoms. The zero-order valence-corrected chi connectivity index (χ0v) is 12.0. The molecular weight excluding hydrogens is 278 g/mol. The first kappa shape index (κ1) is 14.3. The molecule has 0 saturated carbocycles. The molecule has 0 fully saturated rings. The maximum atomic E-state index is 12.3. The Morgan fingerprint density at radius 3 is 2.60 bits per heavy atom. The Labute approximate surface area is 117 Å². The molecule has 0 aliphatic heterocycles. The maximum Gasteiger partial charge on any atom is 0.350 e. The number of aromatic nitrogens is 1. The molecule has 0 amide bonds. The van der Waals surface area contributed by atoms with Crippen molar-refractivity contribution in [2.45, 2.75) is 24.6 Å². The van der Waals surface area contributed by atoms with Crippen molar-refractivity contribution in [2.75, 3.05) is 0 Å². The molecule has 0 bridgehead atoms. The van der Waals surface area contributed by atoms with Gasteiger partial charge in [-0.15, -0.1) is 0 Å². The van der Waals surface area contributed by atoms with Crippen molar-refractivity contribution in [3.05, 3.63) is 58.4 Å². The van der Waals surface area contributed by atoms with Crippen molar-refractivity contribution in [2.24, 2.45) is 0 Å². The summed E-state index contributed by atoms with van der Waals surface area (Å²) in [5.74, 6) is -0.854. The Kier molecular flexibility index (Phi) is 3.67. The predicted molar refractivity (Wildman–Crippen MR) is 73.9 cm³/mol. The lowest BCUT2D eigenvalue weighted by Crippen LogP contribution is -2.33. The van der Waals surface area contributed by atoms with Gasteiger partial charge >= 0.3 is 5.03 Å². The summed E-state index contributed by atoms with van der Waals surface area (Å²) in [6.07, 6.45) is 1.05. The number of benzene rings is 1. The molecule has 0 atom stereocenters. The van der Waals surface area contributed by atoms with E-state index in [0.717, 1.165) is 17.3 Å². The zero-order valence-electron chi connectivity index (χ0n) is 11.2. The van der Waals surface area contributed by atoms with Crippen molar-refractivity contribution in [1.29, 1.82) is 0 Å². The number of nitrogens with zero attached hydrogens (tertiary/aromatic N) is 1. The third-order valence-corrected chi connectivity index (χ3v) is 4.71. The third-order valence-electron chi connectivity index (χ3n) is 3.04. The molecule has 20 heavy (non-hydrogen) atoms. The van der Waals surface area contributed by atoms with Gasteiger partial charge in [-0.25, -0.2) is 8.42 Å². The van der Waals surface area contributed by atoms with Gasteiger partial charge in [0.25, 0.3) is 0 Å². The van der Waals surface area contributed by atoms with Crippen molar-refractivity contribution in [3.63, 3.8) is 0 Å². The van der Waals surface area contributed by atoms with Crippen LogP contribution in [0.15, 0.2) is 41.6 Å². The van der Waals surface area contributed by atoms with Gasteiger partial charge in [-0.2, -0.15) is 4.73 Å². The average Bonchev–Trinajstić information content (AvgIpc) is 2.33. The Balaban J connectivity index is 2.49. The van der Waals surface area contributed by atoms with Crippen LogP contribution in [0.25, 0.3) is 0 Å². The summed E-state index contributed by atoms with van der Waals surface area (Å²) in [5, 5.41) is 20.6. The number of pyridine rings is 1. The van der Waals surface area contributed by atoms with Gasteiger partial charge < -0.3 is 10.3 Å². The summed E-state index contributed by atoms with van der Waals surface area (Å²) in [4.78, 5) is 0. The number of hydrogen-bond donors (Lipinski definition) is 1. The van der Waals surface area contributed by atoms with E-state index in [0.29, 0.717) is 5.56 Å². The third kappa shape index (κ3) is 2.75. The van der Waals surface area contributed by atoms with Crippen LogP contribution in [0.2, 0.25) is 0 Å². The van der Waals surface area contributed by atoms with Crippen LogP contribution < -0.4 is 4.73 Å². The molecular formula is C14H15NO4S. The fourth-order valence-electron chi connectivity index (χ4n) is 1.99. The summed E-state index contributed by atoms with van der Waals surface area (Å²) in [6, 6.07) is 7.96. The first-order chi connectivity index (χ1) is 9.31. The largest absolute Gasteiger partial charge is 0.618 e. The van der Waals surface area contributed by atoms with E-state index in [2.05, 4.69) is 0 Å². The first-order valence-corrected chi connectivity index (χ1v) is 7.66. The van der Waals surface area contributed by atoms with Gasteiger partial charge in [0.2, 0.25) is 15.6 Å². The minimum atomic E-state index is -3.91. The van der Waals surface area contributed by atoms with Crippen LogP contribution in [0.1, 0.15) is 16.7 Å². The monoisotopic (exact) mass is 293 g/mol. The van der Waals surface area contributed by atoms with Gasteiger partial charge in [0.15, 0.2) is 6.20 Å². The highest BCUT2D eigenvalue weighted by Crippen LogP contribution is 2.23. The molecule has 0 aliphatic carbocycles. The van der Waals surface area contributed by atoms with E-state index in [1.54, 1.807) is 13.0 Å². The number of rotatable bonds is 3. The number of aryl methyl sites for hydroxylation is 2. The fourth-order valence-corrected chi connectivity index (χ4v) is 3.57. The van der Waals surface area contributed by atoms with Gasteiger partial charge in [-0.1, -0.05) is 23.8 Å². The van der Waals surface area contributed by atoms with Gasteiger partial charge in [-0.05, 0) is 31.0 Å². The maximum absolute atomic E-state index is 12.3. The normalized spacial score (nSPS) is 11.5. The highest BCUT2D eigenvalue weighted by Gasteiger charge is 2.29. The Hall–Kier alpha value is -2.08. The summed E-state index contributed by atoms with van der Waals surface area (Å²) >= 11 is 0. The van der Waals surface area contributed by atoms with Crippen molar-refractivity contribution in [3.8, 4) is 5.75 Å². The van der Waals surface area contributed by atoms with E-state index in [-0.39, 0.29) is 10.5 Å². The molecule has 0 spiro atoms. The minimum Gasteiger partial charge on any atom is -0.618 e. The summed E-state index contributed by atoms with van der Waals surface area (Å²) in [7, 11) is -3.91. The second kappa shape index (κ2) is 5.13. The van der Waals surface area contributed by atoms with Crippen LogP contribution in [-0.4, -0.2) is 13.5 Å². The second-order valence-corrected chi connectivity index (χ2v) is 6.62. The lowest BCUT2D eigenvalue weighted by Gasteiger charge is -2.09. The lowest BCUT2D eigenvalue weighted by atomic mass is 10.1. The molecule has 2 rings (SSSR count). The standard InChI is InChI=1S/C14H15NO4S/c1-10-5-6-11(2)12(8-10)9-20(18,19)14-13(16)4-3-7-15(14)17/h3-8,16H,9H2,1-2H3. The van der Waals surface area contributed by atoms with Crippen LogP contribution in [0, 0.1) is 19.1 Å². The van der Waals surface area contributed by atoms with Crippen LogP contribution in [0.5, 0.6) is 5.75 Å². The molecule has 1 aromatic heterocycles. The predicted octanol–water partition coefficient (Wildman–Crippen LogP) is 1.62. The Morgan fingerprint density at radius 2 is 1.95 bits per heavy atom. The SMILES string of the molecule is Cc1ccc(C)c(CS(=O)(=O)c2c(O)ccc[n+]2[O-])c1. The van der Waals surface area contributed by atoms with E-state index >= 15 is 0 Å². The highest BCUT2D eigenvalue weighted by atomic mass is 32.2. The Morgan fingerprint density at radius 1 is 1.25 bits per heavy atom. The average molecular weight is 293 g/mol. The van der Waals surface area contributed by atoms with Crippen LogP contribution in [0.3, 0.4) is 0 Å². The van der Waals surface area contributed by atoms with Gasteiger partial charge in [0, 0.05) is 6.07 Å². The first-order valence-electron chi connectivity index (χ1n) is 6.01. The van der Waals surface area contributed by atoms with E-state index in [1.807, 2.05) is 19.1 Å². The number of hydrogen-bond acceptors (Lipinski definition) is 4. The lowest BCUT2D eigenvalue weighted by molar-refractivity contribution is -0.647. The molecule has 0 saturated heterocycles. The Bertz CT molecular complexity index is 734. The molecule has 0 aliphatic rings. The topological polar surface area (TPSA) is 81.3 Å². The second-order valence-electron chi connectivity index (χ2n) is 4.71. The quantitative estimate of drug-likeness (QED) is 0.688. The van der Waals surface area contributed by atoms with Crippen LogP contribution in [-0.2, 0) is 15.6 Å². The van der Waals surface area contributed by atoms with Gasteiger partial charge in [0.05, 0.1) is 5.75 Å². The smallest absolute Gasteiger partial charge is 0.350 e. The van der Waals surface area contributed by atoms with E-state index in [4.69, 9.17) is 0 Å². The van der Waals surface area contributed by atoms with E-state index in [9.17, 15) is 18.7 Å². The van der Waals surface area contributed by atoms with Crippen molar-refractivity contribution in [1.82, 2.24) is 0 Å². The molecule has 1 aromatic carbocycles. The van der Waals surface area contributed by atoms with Crippen LogP contribution >= 0.6 is 0 Å². The van der Waals surface area contributed by atoms with Crippen LogP contribution in [0.4, 0.5) is 0 Å². The summed E-state index contributed by atoms with van der Waals surface area (Å²) < 4.78 is 24.8. The number of sulfone groups is 1. The summed E-state index contributed by atoms with van der Waals surface area (Å²) in [6.45, 7) is 3.67. The van der Waals surface area contributed by atoms with Gasteiger partial charge in [-0.3, -0.25) is 0 Å². The fraction of sp³-hybridized carbons (Fsp3) is 0.214. The minimum absolute atomic E-state index is 0.176. The number of aromatic hydroxyl groups is 1. The molecule has 5 nitrogen and oxygen atoms in total. The van der Waals surface area contributed by atoms with E-state index < -0.39 is 20.6 Å². The molecule has 0 radical (unpaired) electrons. The van der Waals surface area contributed by atoms with Gasteiger partial charge in [0.1, 0.15) is 0 Å². The molecule has 1 heterocycles. The van der Waals surface area contributed by atoms with E-state index in [1.165, 1.54) is 12.1 Å². The highest BCUT2D eigenvalue weighted by molar-refractivity contribution is 7.90. The molecule has 1 N–H and O–H groups in total. The molecule has 106 valence electrons. The zero-order chi connectivity index (χ0) is 14.9. The molecule has 0 unspecified atom stereocenters. The summed E-state index contributed by atoms with van der Waals surface area (Å²) in [5.41, 5.74) is 2.38. The van der Waals surface area contributed by atoms with Crippen molar-refractivity contribution >= 4 is 9.84 Å². The molecule has 2 aromatic rings.